The summed E-state index contributed by atoms with van der Waals surface area (Å²) in [5, 5.41) is 18.6. The van der Waals surface area contributed by atoms with Gasteiger partial charge in [-0.3, -0.25) is 0 Å². The molecular formula is C12H23NO4. The number of carbonyl (C=O) groups excluding carboxylic acids is 1. The van der Waals surface area contributed by atoms with Gasteiger partial charge in [0.25, 0.3) is 0 Å². The van der Waals surface area contributed by atoms with Crippen molar-refractivity contribution in [1.29, 1.82) is 0 Å². The summed E-state index contributed by atoms with van der Waals surface area (Å²) in [5.41, 5.74) is -0.963. The first-order valence-corrected chi connectivity index (χ1v) is 5.91. The van der Waals surface area contributed by atoms with Gasteiger partial charge >= 0.3 is 6.09 Å². The molecule has 0 aromatic rings. The smallest absolute Gasteiger partial charge is 0.410 e. The van der Waals surface area contributed by atoms with Gasteiger partial charge in [0, 0.05) is 31.0 Å². The number of amides is 1. The maximum atomic E-state index is 11.9. The molecule has 100 valence electrons. The highest BCUT2D eigenvalue weighted by Crippen LogP contribution is 2.35. The molecule has 0 radical (unpaired) electrons. The van der Waals surface area contributed by atoms with Crippen molar-refractivity contribution in [2.75, 3.05) is 26.3 Å². The van der Waals surface area contributed by atoms with Crippen molar-refractivity contribution in [2.24, 2.45) is 11.3 Å². The number of rotatable bonds is 2. The van der Waals surface area contributed by atoms with Gasteiger partial charge in [0.15, 0.2) is 0 Å². The first-order chi connectivity index (χ1) is 7.72. The number of nitrogens with zero attached hydrogens (tertiary/aromatic N) is 1. The normalized spacial score (nSPS) is 29.5. The monoisotopic (exact) mass is 245 g/mol. The molecule has 0 aromatic carbocycles. The quantitative estimate of drug-likeness (QED) is 0.756. The summed E-state index contributed by atoms with van der Waals surface area (Å²) in [6.45, 7) is 8.10. The lowest BCUT2D eigenvalue weighted by atomic mass is 9.81. The molecule has 0 spiro atoms. The van der Waals surface area contributed by atoms with Crippen LogP contribution in [0.15, 0.2) is 0 Å². The van der Waals surface area contributed by atoms with Crippen LogP contribution in [0.3, 0.4) is 0 Å². The predicted octanol–water partition coefficient (Wildman–Crippen LogP) is 0.844. The van der Waals surface area contributed by atoms with Gasteiger partial charge in [-0.15, -0.1) is 0 Å². The first kappa shape index (κ1) is 14.3. The topological polar surface area (TPSA) is 70.0 Å². The molecule has 0 aliphatic carbocycles. The zero-order valence-corrected chi connectivity index (χ0v) is 11.1. The molecule has 17 heavy (non-hydrogen) atoms. The Morgan fingerprint density at radius 1 is 1.47 bits per heavy atom. The molecular weight excluding hydrogens is 222 g/mol. The summed E-state index contributed by atoms with van der Waals surface area (Å²) in [6.07, 6.45) is -0.381. The maximum Gasteiger partial charge on any atom is 0.410 e. The van der Waals surface area contributed by atoms with E-state index >= 15 is 0 Å². The number of hydrogen-bond donors (Lipinski definition) is 2. The van der Waals surface area contributed by atoms with Crippen molar-refractivity contribution < 1.29 is 19.7 Å². The minimum atomic E-state index is -0.524. The second-order valence-electron chi connectivity index (χ2n) is 6.05. The molecule has 1 fully saturated rings. The first-order valence-electron chi connectivity index (χ1n) is 5.91. The number of likely N-dealkylation sites (tertiary alicyclic amines) is 1. The van der Waals surface area contributed by atoms with Crippen LogP contribution in [0.2, 0.25) is 0 Å². The van der Waals surface area contributed by atoms with Crippen LogP contribution in [0.5, 0.6) is 0 Å². The molecule has 1 rings (SSSR count). The Bertz CT molecular complexity index is 287. The number of carbonyl (C=O) groups is 1. The molecule has 1 amide bonds. The molecule has 1 aliphatic rings. The summed E-state index contributed by atoms with van der Waals surface area (Å²) in [7, 11) is 0. The van der Waals surface area contributed by atoms with E-state index in [0.29, 0.717) is 13.1 Å². The SMILES string of the molecule is CC(C)(C)OC(=O)N1C[C@@H](CO)[C@](C)(CO)C1. The fourth-order valence-electron chi connectivity index (χ4n) is 2.04. The Morgan fingerprint density at radius 3 is 2.41 bits per heavy atom. The van der Waals surface area contributed by atoms with E-state index in [1.165, 1.54) is 0 Å². The molecule has 0 aromatic heterocycles. The molecule has 0 saturated carbocycles. The highest BCUT2D eigenvalue weighted by Gasteiger charge is 2.44. The standard InChI is InChI=1S/C12H23NO4/c1-11(2,3)17-10(16)13-5-9(6-14)12(4,7-13)8-15/h9,14-15H,5-8H2,1-4H3/t9-,12-/m0/s1. The van der Waals surface area contributed by atoms with E-state index in [1.54, 1.807) is 4.90 Å². The Hall–Kier alpha value is -0.810. The Balaban J connectivity index is 2.68. The fourth-order valence-corrected chi connectivity index (χ4v) is 2.04. The molecule has 1 heterocycles. The summed E-state index contributed by atoms with van der Waals surface area (Å²) >= 11 is 0. The number of aliphatic hydroxyl groups excluding tert-OH is 2. The molecule has 1 aliphatic heterocycles. The Kier molecular flexibility index (Phi) is 4.04. The highest BCUT2D eigenvalue weighted by molar-refractivity contribution is 5.68. The lowest BCUT2D eigenvalue weighted by molar-refractivity contribution is 0.0261. The largest absolute Gasteiger partial charge is 0.444 e. The van der Waals surface area contributed by atoms with Gasteiger partial charge in [-0.25, -0.2) is 4.79 Å². The minimum Gasteiger partial charge on any atom is -0.444 e. The molecule has 1 saturated heterocycles. The Morgan fingerprint density at radius 2 is 2.06 bits per heavy atom. The second-order valence-corrected chi connectivity index (χ2v) is 6.05. The van der Waals surface area contributed by atoms with Gasteiger partial charge in [0.2, 0.25) is 0 Å². The van der Waals surface area contributed by atoms with Crippen LogP contribution in [0.4, 0.5) is 4.79 Å². The van der Waals surface area contributed by atoms with E-state index in [1.807, 2.05) is 27.7 Å². The average molecular weight is 245 g/mol. The van der Waals surface area contributed by atoms with E-state index < -0.39 is 11.0 Å². The maximum absolute atomic E-state index is 11.9. The van der Waals surface area contributed by atoms with Gasteiger partial charge < -0.3 is 19.8 Å². The van der Waals surface area contributed by atoms with Crippen LogP contribution < -0.4 is 0 Å². The van der Waals surface area contributed by atoms with Crippen molar-refractivity contribution in [3.05, 3.63) is 0 Å². The predicted molar refractivity (Wildman–Crippen MR) is 63.6 cm³/mol. The number of hydrogen-bond acceptors (Lipinski definition) is 4. The van der Waals surface area contributed by atoms with Crippen molar-refractivity contribution in [1.82, 2.24) is 4.90 Å². The molecule has 0 unspecified atom stereocenters. The van der Waals surface area contributed by atoms with E-state index in [4.69, 9.17) is 4.74 Å². The third-order valence-corrected chi connectivity index (χ3v) is 3.21. The third-order valence-electron chi connectivity index (χ3n) is 3.21. The number of aliphatic hydroxyl groups is 2. The van der Waals surface area contributed by atoms with Crippen molar-refractivity contribution in [3.63, 3.8) is 0 Å². The van der Waals surface area contributed by atoms with Crippen molar-refractivity contribution in [2.45, 2.75) is 33.3 Å². The molecule has 2 N–H and O–H groups in total. The zero-order chi connectivity index (χ0) is 13.3. The van der Waals surface area contributed by atoms with Crippen LogP contribution in [-0.2, 0) is 4.74 Å². The van der Waals surface area contributed by atoms with Gasteiger partial charge in [0.05, 0.1) is 6.61 Å². The zero-order valence-electron chi connectivity index (χ0n) is 11.1. The molecule has 0 bridgehead atoms. The van der Waals surface area contributed by atoms with Gasteiger partial charge in [0.1, 0.15) is 5.60 Å². The highest BCUT2D eigenvalue weighted by atomic mass is 16.6. The van der Waals surface area contributed by atoms with E-state index in [0.717, 1.165) is 0 Å². The molecule has 5 nitrogen and oxygen atoms in total. The van der Waals surface area contributed by atoms with Crippen molar-refractivity contribution in [3.8, 4) is 0 Å². The third kappa shape index (κ3) is 3.33. The number of ether oxygens (including phenoxy) is 1. The van der Waals surface area contributed by atoms with Crippen LogP contribution in [0.25, 0.3) is 0 Å². The van der Waals surface area contributed by atoms with E-state index in [9.17, 15) is 15.0 Å². The van der Waals surface area contributed by atoms with Gasteiger partial charge in [-0.2, -0.15) is 0 Å². The van der Waals surface area contributed by atoms with Crippen LogP contribution >= 0.6 is 0 Å². The lowest BCUT2D eigenvalue weighted by Gasteiger charge is -2.27. The lowest BCUT2D eigenvalue weighted by Crippen LogP contribution is -2.37. The van der Waals surface area contributed by atoms with Gasteiger partial charge in [-0.05, 0) is 20.8 Å². The van der Waals surface area contributed by atoms with E-state index in [2.05, 4.69) is 0 Å². The average Bonchev–Trinajstić information content (AvgIpc) is 2.54. The summed E-state index contributed by atoms with van der Waals surface area (Å²) in [4.78, 5) is 13.4. The van der Waals surface area contributed by atoms with Crippen molar-refractivity contribution >= 4 is 6.09 Å². The summed E-state index contributed by atoms with van der Waals surface area (Å²) in [6, 6.07) is 0. The van der Waals surface area contributed by atoms with Crippen LogP contribution in [-0.4, -0.2) is 53.1 Å². The van der Waals surface area contributed by atoms with Gasteiger partial charge in [-0.1, -0.05) is 6.92 Å². The second kappa shape index (κ2) is 4.82. The molecule has 2 atom stereocenters. The molecule has 5 heteroatoms. The van der Waals surface area contributed by atoms with Crippen LogP contribution in [0, 0.1) is 11.3 Å². The summed E-state index contributed by atoms with van der Waals surface area (Å²) < 4.78 is 5.28. The summed E-state index contributed by atoms with van der Waals surface area (Å²) in [5.74, 6) is -0.0972. The van der Waals surface area contributed by atoms with E-state index in [-0.39, 0.29) is 25.2 Å². The Labute approximate surface area is 102 Å². The van der Waals surface area contributed by atoms with Crippen LogP contribution in [0.1, 0.15) is 27.7 Å². The minimum absolute atomic E-state index is 0.0314. The fraction of sp³-hybridized carbons (Fsp3) is 0.917.